The molecule has 1 unspecified atom stereocenters. The smallest absolute Gasteiger partial charge is 0.381 e. The lowest BCUT2D eigenvalue weighted by atomic mass is 9.92. The number of nitrogens with zero attached hydrogens (tertiary/aromatic N) is 2. The summed E-state index contributed by atoms with van der Waals surface area (Å²) in [7, 11) is 0. The predicted molar refractivity (Wildman–Crippen MR) is 111 cm³/mol. The molecule has 4 aromatic rings. The molecule has 0 saturated heterocycles. The maximum atomic E-state index is 13.9. The van der Waals surface area contributed by atoms with Gasteiger partial charge in [0.05, 0.1) is 23.9 Å². The Morgan fingerprint density at radius 2 is 1.70 bits per heavy atom. The minimum atomic E-state index is -5.07. The monoisotopic (exact) mass is 465 g/mol. The Kier molecular flexibility index (Phi) is 5.79. The Labute approximate surface area is 184 Å². The van der Waals surface area contributed by atoms with Gasteiger partial charge in [0.15, 0.2) is 0 Å². The van der Waals surface area contributed by atoms with Crippen molar-refractivity contribution in [1.82, 2.24) is 9.78 Å². The Hall–Kier alpha value is -3.53. The third-order valence-corrected chi connectivity index (χ3v) is 5.27. The Morgan fingerprint density at radius 1 is 0.970 bits per heavy atom. The fourth-order valence-corrected chi connectivity index (χ4v) is 3.46. The molecule has 0 aliphatic heterocycles. The van der Waals surface area contributed by atoms with Crippen LogP contribution >= 0.6 is 0 Å². The van der Waals surface area contributed by atoms with Crippen LogP contribution in [0.1, 0.15) is 17.6 Å². The van der Waals surface area contributed by atoms with Gasteiger partial charge in [-0.25, -0.2) is 17.9 Å². The molecular formula is C23H17F6N3O. The van der Waals surface area contributed by atoms with E-state index < -0.39 is 36.1 Å². The van der Waals surface area contributed by atoms with Gasteiger partial charge in [0.1, 0.15) is 5.82 Å². The van der Waals surface area contributed by atoms with Gasteiger partial charge in [0.2, 0.25) is 5.60 Å². The normalized spacial score (nSPS) is 13.9. The van der Waals surface area contributed by atoms with Gasteiger partial charge >= 0.3 is 6.18 Å². The highest BCUT2D eigenvalue weighted by atomic mass is 19.4. The van der Waals surface area contributed by atoms with Crippen molar-refractivity contribution in [1.29, 1.82) is 0 Å². The second-order valence-corrected chi connectivity index (χ2v) is 7.44. The second-order valence-electron chi connectivity index (χ2n) is 7.44. The maximum absolute atomic E-state index is 13.9. The molecule has 1 atom stereocenters. The number of alkyl halides is 5. The highest BCUT2D eigenvalue weighted by molar-refractivity contribution is 5.81. The van der Waals surface area contributed by atoms with Crippen molar-refractivity contribution in [2.24, 2.45) is 0 Å². The van der Waals surface area contributed by atoms with Crippen molar-refractivity contribution >= 4 is 16.6 Å². The van der Waals surface area contributed by atoms with Crippen LogP contribution in [0.3, 0.4) is 0 Å². The molecule has 3 aromatic carbocycles. The number of aromatic nitrogens is 2. The highest BCUT2D eigenvalue weighted by Crippen LogP contribution is 2.40. The Balaban J connectivity index is 1.67. The fraction of sp³-hybridized carbons (Fsp3) is 0.174. The fourth-order valence-electron chi connectivity index (χ4n) is 3.46. The molecule has 172 valence electrons. The van der Waals surface area contributed by atoms with E-state index in [1.807, 2.05) is 0 Å². The van der Waals surface area contributed by atoms with E-state index in [0.717, 1.165) is 24.3 Å². The molecule has 2 N–H and O–H groups in total. The molecule has 0 amide bonds. The van der Waals surface area contributed by atoms with Crippen LogP contribution in [-0.4, -0.2) is 27.6 Å². The summed E-state index contributed by atoms with van der Waals surface area (Å²) in [5, 5.41) is 17.5. The number of anilines is 1. The molecule has 0 aliphatic carbocycles. The van der Waals surface area contributed by atoms with Crippen molar-refractivity contribution < 1.29 is 31.4 Å². The lowest BCUT2D eigenvalue weighted by Gasteiger charge is -2.31. The molecule has 4 rings (SSSR count). The van der Waals surface area contributed by atoms with Crippen LogP contribution in [0.2, 0.25) is 0 Å². The van der Waals surface area contributed by atoms with Crippen molar-refractivity contribution in [2.45, 2.75) is 18.2 Å². The van der Waals surface area contributed by atoms with Gasteiger partial charge in [-0.3, -0.25) is 0 Å². The van der Waals surface area contributed by atoms with Crippen LogP contribution in [0.25, 0.3) is 16.6 Å². The topological polar surface area (TPSA) is 50.1 Å². The predicted octanol–water partition coefficient (Wildman–Crippen LogP) is 5.96. The summed E-state index contributed by atoms with van der Waals surface area (Å²) in [6.45, 7) is -0.999. The summed E-state index contributed by atoms with van der Waals surface area (Å²) in [4.78, 5) is 0. The summed E-state index contributed by atoms with van der Waals surface area (Å²) in [5.41, 5.74) is -3.14. The summed E-state index contributed by atoms with van der Waals surface area (Å²) < 4.78 is 82.2. The lowest BCUT2D eigenvalue weighted by Crippen LogP contribution is -2.47. The molecule has 33 heavy (non-hydrogen) atoms. The highest BCUT2D eigenvalue weighted by Gasteiger charge is 2.55. The van der Waals surface area contributed by atoms with E-state index >= 15 is 0 Å². The molecule has 0 saturated carbocycles. The molecule has 0 aliphatic rings. The Morgan fingerprint density at radius 3 is 2.36 bits per heavy atom. The van der Waals surface area contributed by atoms with Crippen LogP contribution in [0, 0.1) is 5.82 Å². The van der Waals surface area contributed by atoms with E-state index in [9.17, 15) is 31.4 Å². The number of rotatable bonds is 6. The molecule has 0 spiro atoms. The zero-order chi connectivity index (χ0) is 23.8. The summed E-state index contributed by atoms with van der Waals surface area (Å²) in [5.74, 6) is -0.445. The average Bonchev–Trinajstić information content (AvgIpc) is 3.20. The SMILES string of the molecule is OC(CNc1cccc(C(F)F)c1)(c1ccc2c(cnn2-c2ccc(F)cc2)c1)C(F)(F)F. The van der Waals surface area contributed by atoms with Crippen LogP contribution in [0.5, 0.6) is 0 Å². The van der Waals surface area contributed by atoms with Crippen LogP contribution in [0.4, 0.5) is 32.0 Å². The van der Waals surface area contributed by atoms with Crippen molar-refractivity contribution in [2.75, 3.05) is 11.9 Å². The largest absolute Gasteiger partial charge is 0.423 e. The summed E-state index contributed by atoms with van der Waals surface area (Å²) in [6, 6.07) is 13.8. The second kappa shape index (κ2) is 8.43. The van der Waals surface area contributed by atoms with E-state index in [0.29, 0.717) is 16.6 Å². The molecule has 1 heterocycles. The van der Waals surface area contributed by atoms with Gasteiger partial charge in [0, 0.05) is 16.6 Å². The number of fused-ring (bicyclic) bond motifs is 1. The van der Waals surface area contributed by atoms with Crippen LogP contribution in [0.15, 0.2) is 72.9 Å². The first-order valence-corrected chi connectivity index (χ1v) is 9.74. The van der Waals surface area contributed by atoms with E-state index in [-0.39, 0.29) is 11.3 Å². The first kappa shape index (κ1) is 22.7. The minimum Gasteiger partial charge on any atom is -0.381 e. The van der Waals surface area contributed by atoms with E-state index in [2.05, 4.69) is 10.4 Å². The molecule has 0 fully saturated rings. The van der Waals surface area contributed by atoms with Crippen molar-refractivity contribution in [3.63, 3.8) is 0 Å². The van der Waals surface area contributed by atoms with Gasteiger partial charge in [-0.1, -0.05) is 18.2 Å². The standard InChI is InChI=1S/C23H17F6N3O/c24-17-5-7-19(8-6-17)32-20-9-4-16(10-15(20)12-31-32)22(33,23(27,28)29)13-30-18-3-1-2-14(11-18)21(25)26/h1-12,21,30,33H,13H2. The average molecular weight is 465 g/mol. The number of hydrogen-bond donors (Lipinski definition) is 2. The zero-order valence-electron chi connectivity index (χ0n) is 16.8. The third kappa shape index (κ3) is 4.38. The van der Waals surface area contributed by atoms with Crippen LogP contribution in [-0.2, 0) is 5.60 Å². The zero-order valence-corrected chi connectivity index (χ0v) is 16.8. The number of aliphatic hydroxyl groups is 1. The molecule has 10 heteroatoms. The van der Waals surface area contributed by atoms with E-state index in [1.165, 1.54) is 53.3 Å². The summed E-state index contributed by atoms with van der Waals surface area (Å²) in [6.07, 6.45) is -6.52. The first-order chi connectivity index (χ1) is 15.6. The van der Waals surface area contributed by atoms with E-state index in [4.69, 9.17) is 0 Å². The van der Waals surface area contributed by atoms with E-state index in [1.54, 1.807) is 0 Å². The number of halogens is 6. The van der Waals surface area contributed by atoms with Gasteiger partial charge in [0.25, 0.3) is 6.43 Å². The van der Waals surface area contributed by atoms with Gasteiger partial charge in [-0.2, -0.15) is 18.3 Å². The summed E-state index contributed by atoms with van der Waals surface area (Å²) >= 11 is 0. The quantitative estimate of drug-likeness (QED) is 0.345. The van der Waals surface area contributed by atoms with Crippen LogP contribution < -0.4 is 5.32 Å². The third-order valence-electron chi connectivity index (χ3n) is 5.27. The molecular weight excluding hydrogens is 448 g/mol. The van der Waals surface area contributed by atoms with Crippen molar-refractivity contribution in [3.8, 4) is 5.69 Å². The minimum absolute atomic E-state index is 0.0145. The maximum Gasteiger partial charge on any atom is 0.423 e. The van der Waals surface area contributed by atoms with Gasteiger partial charge in [-0.15, -0.1) is 0 Å². The van der Waals surface area contributed by atoms with Gasteiger partial charge in [-0.05, 0) is 54.1 Å². The van der Waals surface area contributed by atoms with Crippen molar-refractivity contribution in [3.05, 3.63) is 89.9 Å². The first-order valence-electron chi connectivity index (χ1n) is 9.74. The molecule has 0 radical (unpaired) electrons. The molecule has 0 bridgehead atoms. The molecule has 4 nitrogen and oxygen atoms in total. The Bertz CT molecular complexity index is 1270. The molecule has 1 aromatic heterocycles. The van der Waals surface area contributed by atoms with Gasteiger partial charge < -0.3 is 10.4 Å². The lowest BCUT2D eigenvalue weighted by molar-refractivity contribution is -0.260. The number of nitrogens with one attached hydrogen (secondary N) is 1. The number of benzene rings is 3. The number of hydrogen-bond acceptors (Lipinski definition) is 3.